The van der Waals surface area contributed by atoms with E-state index in [0.29, 0.717) is 12.1 Å². The van der Waals surface area contributed by atoms with Crippen LogP contribution in [-0.2, 0) is 11.3 Å². The fraction of sp³-hybridized carbons (Fsp3) is 0.571. The molecule has 1 heterocycles. The van der Waals surface area contributed by atoms with Gasteiger partial charge in [-0.25, -0.2) is 0 Å². The number of hydrogen-bond acceptors (Lipinski definition) is 3. The van der Waals surface area contributed by atoms with Gasteiger partial charge in [0.15, 0.2) is 0 Å². The highest BCUT2D eigenvalue weighted by molar-refractivity contribution is 5.48. The SMILES string of the molecule is Cc1ccc(CN2CC(C)OCC2C)cc1N. The molecule has 3 heteroatoms. The molecule has 3 nitrogen and oxygen atoms in total. The molecule has 2 rings (SSSR count). The van der Waals surface area contributed by atoms with Gasteiger partial charge in [-0.05, 0) is 38.0 Å². The van der Waals surface area contributed by atoms with Crippen LogP contribution in [0.3, 0.4) is 0 Å². The van der Waals surface area contributed by atoms with Crippen molar-refractivity contribution in [3.05, 3.63) is 29.3 Å². The van der Waals surface area contributed by atoms with Crippen LogP contribution in [0.4, 0.5) is 5.69 Å². The molecule has 2 N–H and O–H groups in total. The molecule has 94 valence electrons. The van der Waals surface area contributed by atoms with Crippen molar-refractivity contribution in [3.8, 4) is 0 Å². The number of anilines is 1. The molecule has 0 spiro atoms. The Kier molecular flexibility index (Phi) is 3.69. The predicted octanol–water partition coefficient (Wildman–Crippen LogP) is 2.19. The van der Waals surface area contributed by atoms with Crippen LogP contribution in [0.1, 0.15) is 25.0 Å². The maximum Gasteiger partial charge on any atom is 0.0674 e. The van der Waals surface area contributed by atoms with Crippen molar-refractivity contribution in [1.29, 1.82) is 0 Å². The number of morpholine rings is 1. The average Bonchev–Trinajstić information content (AvgIpc) is 2.29. The molecule has 1 aliphatic rings. The van der Waals surface area contributed by atoms with E-state index in [0.717, 1.165) is 30.9 Å². The third-order valence-electron chi connectivity index (χ3n) is 3.47. The van der Waals surface area contributed by atoms with Crippen molar-refractivity contribution >= 4 is 5.69 Å². The van der Waals surface area contributed by atoms with Gasteiger partial charge in [-0.1, -0.05) is 12.1 Å². The standard InChI is InChI=1S/C14H22N2O/c1-10-4-5-13(6-14(10)15)8-16-7-12(3)17-9-11(16)2/h4-6,11-12H,7-9,15H2,1-3H3. The summed E-state index contributed by atoms with van der Waals surface area (Å²) in [5.41, 5.74) is 9.27. The molecule has 0 radical (unpaired) electrons. The Hall–Kier alpha value is -1.06. The largest absolute Gasteiger partial charge is 0.399 e. The van der Waals surface area contributed by atoms with Crippen molar-refractivity contribution < 1.29 is 4.74 Å². The van der Waals surface area contributed by atoms with E-state index in [-0.39, 0.29) is 0 Å². The second-order valence-corrected chi connectivity index (χ2v) is 5.11. The Morgan fingerprint density at radius 2 is 2.18 bits per heavy atom. The molecule has 2 atom stereocenters. The fourth-order valence-corrected chi connectivity index (χ4v) is 2.22. The Morgan fingerprint density at radius 1 is 1.41 bits per heavy atom. The summed E-state index contributed by atoms with van der Waals surface area (Å²) in [6.07, 6.45) is 0.328. The van der Waals surface area contributed by atoms with Crippen LogP contribution >= 0.6 is 0 Å². The molecule has 1 fully saturated rings. The smallest absolute Gasteiger partial charge is 0.0674 e. The zero-order chi connectivity index (χ0) is 12.4. The van der Waals surface area contributed by atoms with E-state index in [9.17, 15) is 0 Å². The summed E-state index contributed by atoms with van der Waals surface area (Å²) in [5, 5.41) is 0. The van der Waals surface area contributed by atoms with Crippen LogP contribution in [0.15, 0.2) is 18.2 Å². The molecule has 17 heavy (non-hydrogen) atoms. The highest BCUT2D eigenvalue weighted by Crippen LogP contribution is 2.18. The maximum absolute atomic E-state index is 5.94. The van der Waals surface area contributed by atoms with Crippen molar-refractivity contribution in [2.75, 3.05) is 18.9 Å². The first-order valence-corrected chi connectivity index (χ1v) is 6.27. The number of rotatable bonds is 2. The fourth-order valence-electron chi connectivity index (χ4n) is 2.22. The zero-order valence-electron chi connectivity index (χ0n) is 10.9. The monoisotopic (exact) mass is 234 g/mol. The summed E-state index contributed by atoms with van der Waals surface area (Å²) >= 11 is 0. The summed E-state index contributed by atoms with van der Waals surface area (Å²) in [4.78, 5) is 2.46. The van der Waals surface area contributed by atoms with E-state index < -0.39 is 0 Å². The minimum Gasteiger partial charge on any atom is -0.399 e. The van der Waals surface area contributed by atoms with E-state index in [1.54, 1.807) is 0 Å². The lowest BCUT2D eigenvalue weighted by Gasteiger charge is -2.36. The number of nitrogens with zero attached hydrogens (tertiary/aromatic N) is 1. The van der Waals surface area contributed by atoms with Gasteiger partial charge >= 0.3 is 0 Å². The number of hydrogen-bond donors (Lipinski definition) is 1. The summed E-state index contributed by atoms with van der Waals surface area (Å²) in [6.45, 7) is 9.15. The topological polar surface area (TPSA) is 38.5 Å². The molecular weight excluding hydrogens is 212 g/mol. The summed E-state index contributed by atoms with van der Waals surface area (Å²) in [7, 11) is 0. The number of nitrogens with two attached hydrogens (primary N) is 1. The third kappa shape index (κ3) is 2.99. The Labute approximate surface area is 104 Å². The minimum atomic E-state index is 0.328. The number of nitrogen functional groups attached to an aromatic ring is 1. The Morgan fingerprint density at radius 3 is 2.88 bits per heavy atom. The quantitative estimate of drug-likeness (QED) is 0.797. The van der Waals surface area contributed by atoms with E-state index in [4.69, 9.17) is 10.5 Å². The van der Waals surface area contributed by atoms with Gasteiger partial charge < -0.3 is 10.5 Å². The third-order valence-corrected chi connectivity index (χ3v) is 3.47. The molecule has 0 aromatic heterocycles. The molecule has 1 aromatic rings. The van der Waals surface area contributed by atoms with Crippen molar-refractivity contribution in [2.24, 2.45) is 0 Å². The molecule has 0 saturated carbocycles. The van der Waals surface area contributed by atoms with E-state index in [2.05, 4.69) is 36.9 Å². The van der Waals surface area contributed by atoms with Gasteiger partial charge in [0.2, 0.25) is 0 Å². The van der Waals surface area contributed by atoms with Gasteiger partial charge in [0, 0.05) is 24.8 Å². The van der Waals surface area contributed by atoms with Crippen molar-refractivity contribution in [3.63, 3.8) is 0 Å². The lowest BCUT2D eigenvalue weighted by atomic mass is 10.1. The Balaban J connectivity index is 2.06. The summed E-state index contributed by atoms with van der Waals surface area (Å²) in [6, 6.07) is 6.83. The maximum atomic E-state index is 5.94. The van der Waals surface area contributed by atoms with Gasteiger partial charge in [-0.15, -0.1) is 0 Å². The van der Waals surface area contributed by atoms with Crippen molar-refractivity contribution in [1.82, 2.24) is 4.90 Å². The second kappa shape index (κ2) is 5.07. The van der Waals surface area contributed by atoms with Gasteiger partial charge in [0.05, 0.1) is 12.7 Å². The predicted molar refractivity (Wildman–Crippen MR) is 70.9 cm³/mol. The first-order chi connectivity index (χ1) is 8.06. The van der Waals surface area contributed by atoms with Crippen molar-refractivity contribution in [2.45, 2.75) is 39.5 Å². The number of ether oxygens (including phenoxy) is 1. The molecule has 0 amide bonds. The highest BCUT2D eigenvalue weighted by Gasteiger charge is 2.23. The molecule has 0 aliphatic carbocycles. The first-order valence-electron chi connectivity index (χ1n) is 6.27. The highest BCUT2D eigenvalue weighted by atomic mass is 16.5. The van der Waals surface area contributed by atoms with Crippen LogP contribution in [0.2, 0.25) is 0 Å². The lowest BCUT2D eigenvalue weighted by molar-refractivity contribution is -0.0526. The summed E-state index contributed by atoms with van der Waals surface area (Å²) < 4.78 is 5.63. The van der Waals surface area contributed by atoms with Gasteiger partial charge in [-0.3, -0.25) is 4.90 Å². The minimum absolute atomic E-state index is 0.328. The van der Waals surface area contributed by atoms with Gasteiger partial charge in [0.1, 0.15) is 0 Å². The number of benzene rings is 1. The molecule has 1 aliphatic heterocycles. The zero-order valence-corrected chi connectivity index (χ0v) is 10.9. The molecule has 1 saturated heterocycles. The first kappa shape index (κ1) is 12.4. The average molecular weight is 234 g/mol. The molecule has 0 bridgehead atoms. The Bertz CT molecular complexity index is 392. The molecule has 2 unspecified atom stereocenters. The molecule has 1 aromatic carbocycles. The van der Waals surface area contributed by atoms with Gasteiger partial charge in [0.25, 0.3) is 0 Å². The second-order valence-electron chi connectivity index (χ2n) is 5.11. The lowest BCUT2D eigenvalue weighted by Crippen LogP contribution is -2.46. The number of aryl methyl sites for hydroxylation is 1. The van der Waals surface area contributed by atoms with Crippen LogP contribution < -0.4 is 5.73 Å². The van der Waals surface area contributed by atoms with Crippen LogP contribution in [0.25, 0.3) is 0 Å². The van der Waals surface area contributed by atoms with Crippen LogP contribution in [-0.4, -0.2) is 30.2 Å². The van der Waals surface area contributed by atoms with E-state index in [1.165, 1.54) is 5.56 Å². The van der Waals surface area contributed by atoms with Crippen LogP contribution in [0, 0.1) is 6.92 Å². The van der Waals surface area contributed by atoms with E-state index >= 15 is 0 Å². The molecular formula is C14H22N2O. The van der Waals surface area contributed by atoms with Gasteiger partial charge in [-0.2, -0.15) is 0 Å². The van der Waals surface area contributed by atoms with Crippen LogP contribution in [0.5, 0.6) is 0 Å². The van der Waals surface area contributed by atoms with E-state index in [1.807, 2.05) is 6.92 Å². The summed E-state index contributed by atoms with van der Waals surface area (Å²) in [5.74, 6) is 0. The normalized spacial score (nSPS) is 26.1.